The van der Waals surface area contributed by atoms with Gasteiger partial charge in [-0.05, 0) is 17.7 Å². The summed E-state index contributed by atoms with van der Waals surface area (Å²) in [5.41, 5.74) is 7.57. The summed E-state index contributed by atoms with van der Waals surface area (Å²) in [5.74, 6) is 1.10. The van der Waals surface area contributed by atoms with Crippen molar-refractivity contribution in [1.29, 1.82) is 0 Å². The average molecular weight is 274 g/mol. The van der Waals surface area contributed by atoms with Crippen molar-refractivity contribution in [2.24, 2.45) is 0 Å². The second-order valence-corrected chi connectivity index (χ2v) is 4.59. The van der Waals surface area contributed by atoms with E-state index in [4.69, 9.17) is 17.3 Å². The van der Waals surface area contributed by atoms with E-state index in [-0.39, 0.29) is 0 Å². The molecule has 2 aromatic heterocycles. The number of rotatable bonds is 3. The van der Waals surface area contributed by atoms with E-state index < -0.39 is 0 Å². The van der Waals surface area contributed by atoms with Crippen LogP contribution in [0.2, 0.25) is 5.02 Å². The van der Waals surface area contributed by atoms with Crippen LogP contribution >= 0.6 is 11.6 Å². The van der Waals surface area contributed by atoms with Crippen molar-refractivity contribution in [2.45, 2.75) is 6.54 Å². The maximum atomic E-state index is 5.95. The lowest BCUT2D eigenvalue weighted by Crippen LogP contribution is -2.06. The zero-order chi connectivity index (χ0) is 13.2. The van der Waals surface area contributed by atoms with Crippen LogP contribution in [0.4, 0.5) is 11.6 Å². The Hall–Kier alpha value is -2.27. The molecule has 0 fully saturated rings. The van der Waals surface area contributed by atoms with Crippen LogP contribution in [0.5, 0.6) is 0 Å². The van der Waals surface area contributed by atoms with Crippen LogP contribution in [0.25, 0.3) is 5.65 Å². The lowest BCUT2D eigenvalue weighted by atomic mass is 10.2. The summed E-state index contributed by atoms with van der Waals surface area (Å²) >= 11 is 5.95. The molecule has 3 rings (SSSR count). The van der Waals surface area contributed by atoms with Gasteiger partial charge in [-0.1, -0.05) is 23.7 Å². The van der Waals surface area contributed by atoms with Gasteiger partial charge in [-0.25, -0.2) is 9.97 Å². The Bertz CT molecular complexity index is 722. The molecule has 96 valence electrons. The highest BCUT2D eigenvalue weighted by molar-refractivity contribution is 6.30. The van der Waals surface area contributed by atoms with Gasteiger partial charge in [0.2, 0.25) is 0 Å². The molecule has 1 aromatic carbocycles. The minimum Gasteiger partial charge on any atom is -0.382 e. The van der Waals surface area contributed by atoms with Gasteiger partial charge in [0.05, 0.1) is 6.20 Å². The largest absolute Gasteiger partial charge is 0.382 e. The van der Waals surface area contributed by atoms with E-state index >= 15 is 0 Å². The molecule has 2 heterocycles. The van der Waals surface area contributed by atoms with Crippen molar-refractivity contribution in [2.75, 3.05) is 11.1 Å². The SMILES string of the molecule is Nc1cn2ccnc2c(NCc2cccc(Cl)c2)n1. The summed E-state index contributed by atoms with van der Waals surface area (Å²) < 4.78 is 1.84. The number of anilines is 2. The first-order chi connectivity index (χ1) is 9.22. The molecule has 3 aromatic rings. The van der Waals surface area contributed by atoms with Crippen molar-refractivity contribution in [3.8, 4) is 0 Å². The topological polar surface area (TPSA) is 68.2 Å². The number of halogens is 1. The monoisotopic (exact) mass is 273 g/mol. The number of fused-ring (bicyclic) bond motifs is 1. The molecule has 0 unspecified atom stereocenters. The van der Waals surface area contributed by atoms with Crippen molar-refractivity contribution in [1.82, 2.24) is 14.4 Å². The molecule has 0 aliphatic heterocycles. The average Bonchev–Trinajstić information content (AvgIpc) is 2.84. The van der Waals surface area contributed by atoms with Crippen molar-refractivity contribution < 1.29 is 0 Å². The van der Waals surface area contributed by atoms with E-state index in [1.165, 1.54) is 0 Å². The molecule has 0 amide bonds. The molecular formula is C13H12ClN5. The van der Waals surface area contributed by atoms with Gasteiger partial charge in [-0.15, -0.1) is 0 Å². The number of nitrogens with two attached hydrogens (primary N) is 1. The Kier molecular flexibility index (Phi) is 2.97. The van der Waals surface area contributed by atoms with Crippen molar-refractivity contribution >= 4 is 28.9 Å². The first kappa shape index (κ1) is 11.8. The Morgan fingerprint density at radius 2 is 2.26 bits per heavy atom. The summed E-state index contributed by atoms with van der Waals surface area (Å²) in [6.07, 6.45) is 5.27. The molecule has 6 heteroatoms. The number of nitrogens with one attached hydrogen (secondary N) is 1. The van der Waals surface area contributed by atoms with Crippen LogP contribution in [0.15, 0.2) is 42.9 Å². The predicted octanol–water partition coefficient (Wildman–Crippen LogP) is 2.58. The summed E-state index contributed by atoms with van der Waals surface area (Å²) in [6, 6.07) is 7.66. The second kappa shape index (κ2) is 4.78. The summed E-state index contributed by atoms with van der Waals surface area (Å²) in [4.78, 5) is 8.51. The first-order valence-corrected chi connectivity index (χ1v) is 6.18. The number of hydrogen-bond acceptors (Lipinski definition) is 4. The fourth-order valence-electron chi connectivity index (χ4n) is 1.90. The molecule has 0 aliphatic rings. The fraction of sp³-hybridized carbons (Fsp3) is 0.0769. The number of benzene rings is 1. The number of nitrogens with zero attached hydrogens (tertiary/aromatic N) is 3. The Labute approximate surface area is 115 Å². The maximum absolute atomic E-state index is 5.95. The molecule has 0 atom stereocenters. The number of imidazole rings is 1. The highest BCUT2D eigenvalue weighted by Gasteiger charge is 2.05. The lowest BCUT2D eigenvalue weighted by molar-refractivity contribution is 1.08. The maximum Gasteiger partial charge on any atom is 0.180 e. The van der Waals surface area contributed by atoms with Crippen LogP contribution in [0.3, 0.4) is 0 Å². The summed E-state index contributed by atoms with van der Waals surface area (Å²) in [7, 11) is 0. The molecule has 19 heavy (non-hydrogen) atoms. The smallest absolute Gasteiger partial charge is 0.180 e. The zero-order valence-electron chi connectivity index (χ0n) is 10.0. The van der Waals surface area contributed by atoms with Gasteiger partial charge in [0.15, 0.2) is 11.5 Å². The summed E-state index contributed by atoms with van der Waals surface area (Å²) in [6.45, 7) is 0.611. The third-order valence-corrected chi connectivity index (χ3v) is 2.98. The number of aromatic nitrogens is 3. The van der Waals surface area contributed by atoms with Crippen LogP contribution < -0.4 is 11.1 Å². The molecule has 0 bridgehead atoms. The van der Waals surface area contributed by atoms with Gasteiger partial charge < -0.3 is 15.5 Å². The van der Waals surface area contributed by atoms with Crippen LogP contribution in [-0.4, -0.2) is 14.4 Å². The quantitative estimate of drug-likeness (QED) is 0.770. The number of hydrogen-bond donors (Lipinski definition) is 2. The van der Waals surface area contributed by atoms with Crippen LogP contribution in [0, 0.1) is 0 Å². The van der Waals surface area contributed by atoms with Gasteiger partial charge in [0.1, 0.15) is 5.82 Å². The Morgan fingerprint density at radius 1 is 1.37 bits per heavy atom. The van der Waals surface area contributed by atoms with Crippen molar-refractivity contribution in [3.05, 3.63) is 53.4 Å². The van der Waals surface area contributed by atoms with Crippen molar-refractivity contribution in [3.63, 3.8) is 0 Å². The molecule has 0 spiro atoms. The Balaban J connectivity index is 1.87. The van der Waals surface area contributed by atoms with Gasteiger partial charge in [-0.3, -0.25) is 0 Å². The molecule has 0 radical (unpaired) electrons. The molecule has 0 saturated carbocycles. The lowest BCUT2D eigenvalue weighted by Gasteiger charge is -2.08. The van der Waals surface area contributed by atoms with Gasteiger partial charge in [-0.2, -0.15) is 0 Å². The minimum atomic E-state index is 0.444. The normalized spacial score (nSPS) is 10.8. The minimum absolute atomic E-state index is 0.444. The first-order valence-electron chi connectivity index (χ1n) is 5.80. The zero-order valence-corrected chi connectivity index (χ0v) is 10.8. The van der Waals surface area contributed by atoms with E-state index in [0.717, 1.165) is 11.2 Å². The van der Waals surface area contributed by atoms with Crippen LogP contribution in [0.1, 0.15) is 5.56 Å². The van der Waals surface area contributed by atoms with Gasteiger partial charge >= 0.3 is 0 Å². The third-order valence-electron chi connectivity index (χ3n) is 2.74. The van der Waals surface area contributed by atoms with E-state index in [1.807, 2.05) is 34.9 Å². The van der Waals surface area contributed by atoms with Gasteiger partial charge in [0, 0.05) is 24.0 Å². The van der Waals surface area contributed by atoms with Crippen LogP contribution in [-0.2, 0) is 6.54 Å². The molecule has 0 aliphatic carbocycles. The molecule has 5 nitrogen and oxygen atoms in total. The Morgan fingerprint density at radius 3 is 3.11 bits per heavy atom. The highest BCUT2D eigenvalue weighted by atomic mass is 35.5. The molecular weight excluding hydrogens is 262 g/mol. The van der Waals surface area contributed by atoms with E-state index in [9.17, 15) is 0 Å². The second-order valence-electron chi connectivity index (χ2n) is 4.16. The number of nitrogen functional groups attached to an aromatic ring is 1. The predicted molar refractivity (Wildman–Crippen MR) is 76.2 cm³/mol. The highest BCUT2D eigenvalue weighted by Crippen LogP contribution is 2.17. The molecule has 3 N–H and O–H groups in total. The fourth-order valence-corrected chi connectivity index (χ4v) is 2.12. The standard InChI is InChI=1S/C13H12ClN5/c14-10-3-1-2-9(6-10)7-17-12-13-16-4-5-19(13)8-11(15)18-12/h1-6,8H,7,15H2,(H,17,18). The van der Waals surface area contributed by atoms with E-state index in [1.54, 1.807) is 12.4 Å². The van der Waals surface area contributed by atoms with E-state index in [2.05, 4.69) is 15.3 Å². The summed E-state index contributed by atoms with van der Waals surface area (Å²) in [5, 5.41) is 3.94. The molecule has 0 saturated heterocycles. The van der Waals surface area contributed by atoms with Gasteiger partial charge in [0.25, 0.3) is 0 Å². The third kappa shape index (κ3) is 2.46. The van der Waals surface area contributed by atoms with E-state index in [0.29, 0.717) is 23.2 Å².